The molecule has 7 rings (SSSR count). The van der Waals surface area contributed by atoms with E-state index in [4.69, 9.17) is 16.6 Å². The predicted octanol–water partition coefficient (Wildman–Crippen LogP) is 6.34. The van der Waals surface area contributed by atoms with E-state index in [1.807, 2.05) is 4.90 Å². The van der Waals surface area contributed by atoms with Gasteiger partial charge in [-0.25, -0.2) is 18.1 Å². The number of amides is 1. The molecular formula is C36H42ClN5O3S. The third-order valence-corrected chi connectivity index (χ3v) is 12.7. The lowest BCUT2D eigenvalue weighted by atomic mass is 9.70. The van der Waals surface area contributed by atoms with Crippen molar-refractivity contribution in [3.05, 3.63) is 94.8 Å². The molecule has 0 aliphatic carbocycles. The molecule has 10 heteroatoms. The quantitative estimate of drug-likeness (QED) is 0.239. The lowest BCUT2D eigenvalue weighted by Crippen LogP contribution is -2.49. The van der Waals surface area contributed by atoms with Crippen molar-refractivity contribution in [2.24, 2.45) is 0 Å². The van der Waals surface area contributed by atoms with E-state index in [-0.39, 0.29) is 26.8 Å². The Morgan fingerprint density at radius 1 is 0.957 bits per heavy atom. The fourth-order valence-electron chi connectivity index (χ4n) is 8.53. The molecule has 0 spiro atoms. The van der Waals surface area contributed by atoms with E-state index in [2.05, 4.69) is 75.7 Å². The average molecular weight is 660 g/mol. The number of nitrogens with one attached hydrogen (secondary N) is 1. The molecule has 0 saturated carbocycles. The Kier molecular flexibility index (Phi) is 8.46. The summed E-state index contributed by atoms with van der Waals surface area (Å²) in [5.74, 6) is 0.891. The number of carbonyl (C=O) groups is 1. The minimum absolute atomic E-state index is 0.0351. The fourth-order valence-corrected chi connectivity index (χ4v) is 9.48. The van der Waals surface area contributed by atoms with E-state index < -0.39 is 10.0 Å². The number of fused-ring (bicyclic) bond motifs is 3. The number of aromatic nitrogens is 2. The van der Waals surface area contributed by atoms with E-state index in [1.165, 1.54) is 49.2 Å². The largest absolute Gasteiger partial charge is 0.339 e. The normalized spacial score (nSPS) is 23.2. The van der Waals surface area contributed by atoms with Gasteiger partial charge in [-0.2, -0.15) is 0 Å². The summed E-state index contributed by atoms with van der Waals surface area (Å²) in [4.78, 5) is 23.2. The number of carbonyl (C=O) groups excluding carboxylic acids is 1. The van der Waals surface area contributed by atoms with Crippen molar-refractivity contribution < 1.29 is 13.2 Å². The highest BCUT2D eigenvalue weighted by atomic mass is 35.5. The van der Waals surface area contributed by atoms with Crippen LogP contribution >= 0.6 is 11.6 Å². The molecule has 1 unspecified atom stereocenters. The molecular weight excluding hydrogens is 618 g/mol. The zero-order valence-electron chi connectivity index (χ0n) is 26.5. The van der Waals surface area contributed by atoms with Gasteiger partial charge in [0.15, 0.2) is 0 Å². The monoisotopic (exact) mass is 659 g/mol. The van der Waals surface area contributed by atoms with E-state index in [1.54, 1.807) is 0 Å². The van der Waals surface area contributed by atoms with Crippen LogP contribution in [-0.2, 0) is 15.4 Å². The van der Waals surface area contributed by atoms with Crippen molar-refractivity contribution in [1.29, 1.82) is 0 Å². The van der Waals surface area contributed by atoms with Crippen molar-refractivity contribution in [2.45, 2.75) is 80.3 Å². The molecule has 1 N–H and O–H groups in total. The lowest BCUT2D eigenvalue weighted by Gasteiger charge is -2.45. The molecule has 3 saturated heterocycles. The molecule has 3 atom stereocenters. The van der Waals surface area contributed by atoms with Gasteiger partial charge in [-0.1, -0.05) is 54.1 Å². The Bertz CT molecular complexity index is 1840. The first-order chi connectivity index (χ1) is 22.2. The fraction of sp³-hybridized carbons (Fsp3) is 0.444. The van der Waals surface area contributed by atoms with Crippen molar-refractivity contribution in [3.8, 4) is 0 Å². The molecule has 3 aliphatic heterocycles. The predicted molar refractivity (Wildman–Crippen MR) is 182 cm³/mol. The number of imidazole rings is 1. The number of aryl methyl sites for hydroxylation is 1. The molecule has 1 amide bonds. The molecule has 4 heterocycles. The van der Waals surface area contributed by atoms with Gasteiger partial charge in [-0.15, -0.1) is 0 Å². The van der Waals surface area contributed by atoms with Crippen LogP contribution in [0.5, 0.6) is 0 Å². The van der Waals surface area contributed by atoms with Crippen molar-refractivity contribution in [2.75, 3.05) is 26.7 Å². The Morgan fingerprint density at radius 3 is 2.33 bits per heavy atom. The van der Waals surface area contributed by atoms with Crippen LogP contribution < -0.4 is 4.72 Å². The number of hydrogen-bond donors (Lipinski definition) is 1. The summed E-state index contributed by atoms with van der Waals surface area (Å²) in [6.45, 7) is 4.37. The minimum atomic E-state index is -3.70. The number of halogens is 1. The number of rotatable bonds is 8. The standard InChI is InChI=1S/C36H42ClN5O3S/c1-25-39-33-10-6-7-11-34(33)42(25)29-22-27-12-13-28(23-29)41(27)21-18-36(26-8-4-3-5-9-26)16-19-40(20-17-36)35(43)31-24-30(14-15-32(31)37)46(44,45)38-2/h3-11,14-15,24,27-29,38H,12-13,16-23H2,1-2H3/t27-,28+,29?. The molecule has 8 nitrogen and oxygen atoms in total. The van der Waals surface area contributed by atoms with Crippen LogP contribution in [0.3, 0.4) is 0 Å². The summed E-state index contributed by atoms with van der Waals surface area (Å²) in [7, 11) is -2.34. The van der Waals surface area contributed by atoms with Gasteiger partial charge in [0.1, 0.15) is 5.82 Å². The van der Waals surface area contributed by atoms with Crippen LogP contribution in [0.25, 0.3) is 11.0 Å². The smallest absolute Gasteiger partial charge is 0.255 e. The van der Waals surface area contributed by atoms with Crippen LogP contribution in [-0.4, -0.2) is 72.4 Å². The maximum Gasteiger partial charge on any atom is 0.255 e. The summed E-state index contributed by atoms with van der Waals surface area (Å²) >= 11 is 6.43. The number of nitrogens with zero attached hydrogens (tertiary/aromatic N) is 4. The van der Waals surface area contributed by atoms with Crippen LogP contribution in [0.1, 0.15) is 72.7 Å². The van der Waals surface area contributed by atoms with Crippen LogP contribution in [0.4, 0.5) is 0 Å². The SMILES string of the molecule is CNS(=O)(=O)c1ccc(Cl)c(C(=O)N2CCC(CCN3[C@@H]4CC[C@H]3CC(n3c(C)nc5ccccc53)C4)(c3ccccc3)CC2)c1. The van der Waals surface area contributed by atoms with Gasteiger partial charge in [0.05, 0.1) is 26.5 Å². The topological polar surface area (TPSA) is 87.5 Å². The van der Waals surface area contributed by atoms with E-state index >= 15 is 0 Å². The summed E-state index contributed by atoms with van der Waals surface area (Å²) < 4.78 is 29.6. The molecule has 242 valence electrons. The number of sulfonamides is 1. The number of benzene rings is 3. The lowest BCUT2D eigenvalue weighted by molar-refractivity contribution is 0.0607. The summed E-state index contributed by atoms with van der Waals surface area (Å²) in [6, 6.07) is 25.2. The second kappa shape index (κ2) is 12.4. The Hall–Kier alpha value is -3.24. The number of likely N-dealkylation sites (tertiary alicyclic amines) is 1. The third kappa shape index (κ3) is 5.65. The van der Waals surface area contributed by atoms with Crippen LogP contribution in [0.15, 0.2) is 77.7 Å². The maximum atomic E-state index is 13.7. The molecule has 3 aliphatic rings. The van der Waals surface area contributed by atoms with Crippen molar-refractivity contribution in [3.63, 3.8) is 0 Å². The zero-order valence-corrected chi connectivity index (χ0v) is 28.1. The molecule has 3 aromatic carbocycles. The highest BCUT2D eigenvalue weighted by Crippen LogP contribution is 2.45. The molecule has 4 aromatic rings. The van der Waals surface area contributed by atoms with Crippen LogP contribution in [0.2, 0.25) is 5.02 Å². The van der Waals surface area contributed by atoms with Gasteiger partial charge in [-0.3, -0.25) is 9.69 Å². The Morgan fingerprint density at radius 2 is 1.63 bits per heavy atom. The highest BCUT2D eigenvalue weighted by molar-refractivity contribution is 7.89. The first-order valence-electron chi connectivity index (χ1n) is 16.5. The summed E-state index contributed by atoms with van der Waals surface area (Å²) in [5, 5.41) is 0.262. The first kappa shape index (κ1) is 31.4. The first-order valence-corrected chi connectivity index (χ1v) is 18.3. The molecule has 2 bridgehead atoms. The Balaban J connectivity index is 1.07. The van der Waals surface area contributed by atoms with Gasteiger partial charge >= 0.3 is 0 Å². The second-order valence-electron chi connectivity index (χ2n) is 13.3. The van der Waals surface area contributed by atoms with Gasteiger partial charge < -0.3 is 9.47 Å². The van der Waals surface area contributed by atoms with Gasteiger partial charge in [0.25, 0.3) is 5.91 Å². The molecule has 1 aromatic heterocycles. The van der Waals surface area contributed by atoms with E-state index in [0.717, 1.165) is 50.0 Å². The third-order valence-electron chi connectivity index (χ3n) is 11.0. The number of para-hydroxylation sites is 2. The summed E-state index contributed by atoms with van der Waals surface area (Å²) in [5.41, 5.74) is 3.86. The van der Waals surface area contributed by atoms with Gasteiger partial charge in [0.2, 0.25) is 10.0 Å². The van der Waals surface area contributed by atoms with Crippen molar-refractivity contribution >= 4 is 38.6 Å². The second-order valence-corrected chi connectivity index (χ2v) is 15.6. The maximum absolute atomic E-state index is 13.7. The van der Waals surface area contributed by atoms with E-state index in [0.29, 0.717) is 31.2 Å². The zero-order chi connectivity index (χ0) is 32.1. The number of piperidine rings is 2. The van der Waals surface area contributed by atoms with E-state index in [9.17, 15) is 13.2 Å². The minimum Gasteiger partial charge on any atom is -0.339 e. The van der Waals surface area contributed by atoms with Gasteiger partial charge in [0, 0.05) is 31.2 Å². The van der Waals surface area contributed by atoms with Gasteiger partial charge in [-0.05, 0) is 107 Å². The summed E-state index contributed by atoms with van der Waals surface area (Å²) in [6.07, 6.45) is 7.54. The van der Waals surface area contributed by atoms with Crippen molar-refractivity contribution in [1.82, 2.24) is 24.1 Å². The molecule has 0 radical (unpaired) electrons. The molecule has 46 heavy (non-hydrogen) atoms. The number of hydrogen-bond acceptors (Lipinski definition) is 5. The Labute approximate surface area is 276 Å². The highest BCUT2D eigenvalue weighted by Gasteiger charge is 2.44. The average Bonchev–Trinajstić information content (AvgIpc) is 3.54. The van der Waals surface area contributed by atoms with Crippen LogP contribution in [0, 0.1) is 6.92 Å². The molecule has 3 fully saturated rings.